The first-order valence-corrected chi connectivity index (χ1v) is 12.8. The van der Waals surface area contributed by atoms with Crippen molar-refractivity contribution < 1.29 is 31.1 Å². The molecule has 190 valence electrons. The van der Waals surface area contributed by atoms with Gasteiger partial charge in [-0.3, -0.25) is 0 Å². The van der Waals surface area contributed by atoms with Crippen LogP contribution in [0.3, 0.4) is 0 Å². The lowest BCUT2D eigenvalue weighted by Crippen LogP contribution is -2.28. The molecule has 3 aromatic rings. The largest absolute Gasteiger partial charge is 0.461 e. The van der Waals surface area contributed by atoms with Crippen LogP contribution in [0, 0.1) is 0 Å². The zero-order chi connectivity index (χ0) is 26.5. The van der Waals surface area contributed by atoms with E-state index in [1.165, 1.54) is 29.6 Å². The predicted octanol–water partition coefficient (Wildman–Crippen LogP) is 4.21. The summed E-state index contributed by atoms with van der Waals surface area (Å²) in [5, 5.41) is 6.04. The van der Waals surface area contributed by atoms with Crippen LogP contribution in [0.5, 0.6) is 0 Å². The Morgan fingerprint density at radius 1 is 1.11 bits per heavy atom. The van der Waals surface area contributed by atoms with Crippen LogP contribution in [0.15, 0.2) is 75.4 Å². The third-order valence-corrected chi connectivity index (χ3v) is 6.44. The number of nitrogens with zero attached hydrogens (tertiary/aromatic N) is 2. The average Bonchev–Trinajstić information content (AvgIpc) is 3.30. The van der Waals surface area contributed by atoms with Crippen molar-refractivity contribution in [2.45, 2.75) is 24.4 Å². The number of ether oxygens (including phenoxy) is 1. The highest BCUT2D eigenvalue weighted by Gasteiger charge is 2.39. The summed E-state index contributed by atoms with van der Waals surface area (Å²) in [6.45, 7) is 1.66. The number of rotatable bonds is 8. The van der Waals surface area contributed by atoms with Crippen molar-refractivity contribution in [3.8, 4) is 0 Å². The van der Waals surface area contributed by atoms with Crippen molar-refractivity contribution >= 4 is 43.9 Å². The van der Waals surface area contributed by atoms with E-state index < -0.39 is 27.9 Å². The van der Waals surface area contributed by atoms with Crippen LogP contribution >= 0.6 is 11.3 Å². The molecule has 1 heterocycles. The average molecular weight is 539 g/mol. The molecule has 0 aliphatic heterocycles. The molecule has 0 saturated heterocycles. The summed E-state index contributed by atoms with van der Waals surface area (Å²) < 4.78 is 70.8. The molecule has 0 amide bonds. The van der Waals surface area contributed by atoms with Gasteiger partial charge in [0.1, 0.15) is 0 Å². The quantitative estimate of drug-likeness (QED) is 0.325. The van der Waals surface area contributed by atoms with Gasteiger partial charge in [-0.1, -0.05) is 42.5 Å². The number of carbonyl (C=O) groups is 1. The number of nitrogens with two attached hydrogens (primary N) is 2. The van der Waals surface area contributed by atoms with Crippen LogP contribution in [-0.4, -0.2) is 37.9 Å². The Balaban J connectivity index is 2.14. The molecule has 1 aromatic heterocycles. The minimum Gasteiger partial charge on any atom is -0.461 e. The van der Waals surface area contributed by atoms with Gasteiger partial charge in [0.05, 0.1) is 11.5 Å². The molecule has 0 saturated carbocycles. The first-order valence-electron chi connectivity index (χ1n) is 10.3. The second-order valence-corrected chi connectivity index (χ2v) is 9.72. The third kappa shape index (κ3) is 6.77. The van der Waals surface area contributed by atoms with Crippen LogP contribution in [0.2, 0.25) is 0 Å². The molecule has 0 aliphatic carbocycles. The summed E-state index contributed by atoms with van der Waals surface area (Å²) in [5.41, 5.74) is 4.89. The Labute approximate surface area is 209 Å². The van der Waals surface area contributed by atoms with E-state index in [0.717, 1.165) is 11.3 Å². The summed E-state index contributed by atoms with van der Waals surface area (Å²) in [6, 6.07) is 13.1. The maximum Gasteiger partial charge on any atom is 0.433 e. The fraction of sp³-hybridized carbons (Fsp3) is 0.174. The lowest BCUT2D eigenvalue weighted by atomic mass is 9.95. The van der Waals surface area contributed by atoms with Gasteiger partial charge in [-0.2, -0.15) is 13.2 Å². The fourth-order valence-corrected chi connectivity index (χ4v) is 4.29. The number of esters is 1. The van der Waals surface area contributed by atoms with E-state index in [4.69, 9.17) is 15.6 Å². The molecular weight excluding hydrogens is 517 g/mol. The summed E-state index contributed by atoms with van der Waals surface area (Å²) in [4.78, 5) is 19.3. The normalized spacial score (nSPS) is 13.3. The molecule has 4 N–H and O–H groups in total. The first kappa shape index (κ1) is 27.0. The summed E-state index contributed by atoms with van der Waals surface area (Å²) >= 11 is 0.741. The summed E-state index contributed by atoms with van der Waals surface area (Å²) in [7, 11) is -3.98. The standard InChI is InChI=1S/C23H21F3N4O4S2/c1-2-34-21(31)18-13-35-22(29-18)30-20(23(24,25)26)17(19(27)15-6-4-3-5-7-15)12-14-8-10-16(11-9-14)36(28,32)33/h3-11,13H,2,12,27H2,1H3,(H2,28,32,33). The number of alkyl halides is 3. The van der Waals surface area contributed by atoms with E-state index in [-0.39, 0.29) is 40.0 Å². The zero-order valence-corrected chi connectivity index (χ0v) is 20.5. The molecule has 0 radical (unpaired) electrons. The molecule has 0 atom stereocenters. The fourth-order valence-electron chi connectivity index (χ4n) is 3.11. The number of aliphatic imine (C=N–C) groups is 1. The number of hydrogen-bond donors (Lipinski definition) is 2. The van der Waals surface area contributed by atoms with Gasteiger partial charge in [0.25, 0.3) is 0 Å². The van der Waals surface area contributed by atoms with Crippen LogP contribution in [0.4, 0.5) is 18.3 Å². The molecule has 3 rings (SSSR count). The number of halogens is 3. The second-order valence-electron chi connectivity index (χ2n) is 7.32. The minimum atomic E-state index is -4.94. The Bertz CT molecular complexity index is 1400. The van der Waals surface area contributed by atoms with E-state index in [2.05, 4.69) is 9.98 Å². The van der Waals surface area contributed by atoms with Gasteiger partial charge in [-0.05, 0) is 30.2 Å². The Morgan fingerprint density at radius 3 is 2.31 bits per heavy atom. The van der Waals surface area contributed by atoms with Crippen molar-refractivity contribution in [1.82, 2.24) is 4.98 Å². The number of aromatic nitrogens is 1. The monoisotopic (exact) mass is 538 g/mol. The molecule has 0 unspecified atom stereocenters. The smallest absolute Gasteiger partial charge is 0.433 e. The maximum absolute atomic E-state index is 14.3. The van der Waals surface area contributed by atoms with E-state index >= 15 is 0 Å². The maximum atomic E-state index is 14.3. The highest BCUT2D eigenvalue weighted by atomic mass is 32.2. The lowest BCUT2D eigenvalue weighted by Gasteiger charge is -2.17. The highest BCUT2D eigenvalue weighted by Crippen LogP contribution is 2.32. The van der Waals surface area contributed by atoms with Crippen molar-refractivity contribution in [1.29, 1.82) is 0 Å². The topological polar surface area (TPSA) is 138 Å². The van der Waals surface area contributed by atoms with Crippen molar-refractivity contribution in [2.75, 3.05) is 6.61 Å². The molecule has 0 aliphatic rings. The Morgan fingerprint density at radius 2 is 1.75 bits per heavy atom. The van der Waals surface area contributed by atoms with Crippen LogP contribution in [-0.2, 0) is 21.2 Å². The number of allylic oxidation sites excluding steroid dienone is 1. The molecule has 0 fully saturated rings. The van der Waals surface area contributed by atoms with Crippen molar-refractivity contribution in [3.63, 3.8) is 0 Å². The highest BCUT2D eigenvalue weighted by molar-refractivity contribution is 7.89. The lowest BCUT2D eigenvalue weighted by molar-refractivity contribution is -0.0582. The van der Waals surface area contributed by atoms with Gasteiger partial charge < -0.3 is 10.5 Å². The zero-order valence-electron chi connectivity index (χ0n) is 18.8. The molecule has 0 spiro atoms. The van der Waals surface area contributed by atoms with Gasteiger partial charge in [-0.25, -0.2) is 28.3 Å². The number of carbonyl (C=O) groups excluding carboxylic acids is 1. The molecule has 13 heteroatoms. The van der Waals surface area contributed by atoms with Crippen LogP contribution < -0.4 is 10.9 Å². The first-order chi connectivity index (χ1) is 16.9. The predicted molar refractivity (Wildman–Crippen MR) is 130 cm³/mol. The Kier molecular flexibility index (Phi) is 8.28. The number of benzene rings is 2. The van der Waals surface area contributed by atoms with E-state index in [1.54, 1.807) is 37.3 Å². The van der Waals surface area contributed by atoms with E-state index in [0.29, 0.717) is 11.1 Å². The van der Waals surface area contributed by atoms with E-state index in [1.807, 2.05) is 0 Å². The molecular formula is C23H21F3N4O4S2. The summed E-state index contributed by atoms with van der Waals surface area (Å²) in [5.74, 6) is -0.779. The van der Waals surface area contributed by atoms with Gasteiger partial charge in [0.15, 0.2) is 11.4 Å². The molecule has 36 heavy (non-hydrogen) atoms. The number of primary sulfonamides is 1. The second kappa shape index (κ2) is 11.0. The van der Waals surface area contributed by atoms with Crippen LogP contribution in [0.1, 0.15) is 28.5 Å². The van der Waals surface area contributed by atoms with Gasteiger partial charge >= 0.3 is 12.1 Å². The Hall–Kier alpha value is -3.55. The van der Waals surface area contributed by atoms with Gasteiger partial charge in [0.2, 0.25) is 15.2 Å². The molecule has 0 bridgehead atoms. The number of hydrogen-bond acceptors (Lipinski definition) is 8. The van der Waals surface area contributed by atoms with Gasteiger partial charge in [0, 0.05) is 23.1 Å². The number of thiazole rings is 1. The van der Waals surface area contributed by atoms with Gasteiger partial charge in [-0.15, -0.1) is 11.3 Å². The minimum absolute atomic E-state index is 0.0769. The van der Waals surface area contributed by atoms with Crippen LogP contribution in [0.25, 0.3) is 5.70 Å². The molecule has 8 nitrogen and oxygen atoms in total. The summed E-state index contributed by atoms with van der Waals surface area (Å²) in [6.07, 6.45) is -5.27. The van der Waals surface area contributed by atoms with Crippen molar-refractivity contribution in [3.05, 3.63) is 82.4 Å². The SMILES string of the molecule is CCOC(=O)c1csc(N=C(C(Cc2ccc(S(N)(=O)=O)cc2)=C(N)c2ccccc2)C(F)(F)F)n1. The third-order valence-electron chi connectivity index (χ3n) is 4.78. The van der Waals surface area contributed by atoms with E-state index in [9.17, 15) is 26.4 Å². The van der Waals surface area contributed by atoms with Crippen molar-refractivity contribution in [2.24, 2.45) is 15.9 Å². The molecule has 2 aromatic carbocycles. The number of sulfonamides is 1.